The van der Waals surface area contributed by atoms with Crippen molar-refractivity contribution in [3.05, 3.63) is 64.2 Å². The van der Waals surface area contributed by atoms with Gasteiger partial charge in [0.2, 0.25) is 0 Å². The van der Waals surface area contributed by atoms with Crippen LogP contribution in [0.2, 0.25) is 5.02 Å². The first-order valence-electron chi connectivity index (χ1n) is 8.27. The van der Waals surface area contributed by atoms with Crippen LogP contribution in [0.25, 0.3) is 11.4 Å². The number of hydrogen-bond donors (Lipinski definition) is 1. The molecule has 5 nitrogen and oxygen atoms in total. The number of aliphatic hydroxyl groups is 1. The SMILES string of the molecule is Cn1c(-c2ccc(CO)cc2F)nnc1C(C)(C)Oc1c(F)cc(Cl)cc1F. The zero-order chi connectivity index (χ0) is 20.6. The van der Waals surface area contributed by atoms with Crippen molar-refractivity contribution in [3.63, 3.8) is 0 Å². The first kappa shape index (κ1) is 20.2. The number of rotatable bonds is 5. The molecular formula is C19H17ClF3N3O2. The van der Waals surface area contributed by atoms with Gasteiger partial charge in [0.1, 0.15) is 5.82 Å². The van der Waals surface area contributed by atoms with E-state index in [4.69, 9.17) is 21.4 Å². The van der Waals surface area contributed by atoms with Gasteiger partial charge < -0.3 is 14.4 Å². The van der Waals surface area contributed by atoms with Crippen molar-refractivity contribution in [2.45, 2.75) is 26.1 Å². The van der Waals surface area contributed by atoms with Crippen LogP contribution in [-0.2, 0) is 19.3 Å². The molecule has 1 heterocycles. The number of benzene rings is 2. The summed E-state index contributed by atoms with van der Waals surface area (Å²) in [6.45, 7) is 2.82. The largest absolute Gasteiger partial charge is 0.474 e. The van der Waals surface area contributed by atoms with Crippen molar-refractivity contribution in [3.8, 4) is 17.1 Å². The van der Waals surface area contributed by atoms with Gasteiger partial charge in [-0.05, 0) is 43.7 Å². The van der Waals surface area contributed by atoms with Gasteiger partial charge in [-0.3, -0.25) is 0 Å². The van der Waals surface area contributed by atoms with Crippen LogP contribution in [0.5, 0.6) is 5.75 Å². The molecule has 1 N–H and O–H groups in total. The minimum absolute atomic E-state index is 0.0945. The molecule has 0 aliphatic heterocycles. The van der Waals surface area contributed by atoms with Crippen molar-refractivity contribution < 1.29 is 23.0 Å². The second kappa shape index (κ2) is 7.44. The number of ether oxygens (including phenoxy) is 1. The Labute approximate surface area is 164 Å². The maximum atomic E-state index is 14.4. The van der Waals surface area contributed by atoms with Gasteiger partial charge in [0.05, 0.1) is 12.2 Å². The van der Waals surface area contributed by atoms with Crippen molar-refractivity contribution in [1.82, 2.24) is 14.8 Å². The quantitative estimate of drug-likeness (QED) is 0.677. The van der Waals surface area contributed by atoms with Crippen LogP contribution in [-0.4, -0.2) is 19.9 Å². The fourth-order valence-corrected chi connectivity index (χ4v) is 3.05. The Morgan fingerprint density at radius 1 is 1.07 bits per heavy atom. The standard InChI is InChI=1S/C19H17ClF3N3O2/c1-19(2,28-16-14(22)7-11(20)8-15(16)23)18-25-24-17(26(18)3)12-5-4-10(9-27)6-13(12)21/h4-8,27H,9H2,1-3H3. The van der Waals surface area contributed by atoms with E-state index in [1.165, 1.54) is 16.7 Å². The lowest BCUT2D eigenvalue weighted by molar-refractivity contribution is 0.0836. The summed E-state index contributed by atoms with van der Waals surface area (Å²) in [5, 5.41) is 17.0. The summed E-state index contributed by atoms with van der Waals surface area (Å²) in [5.74, 6) is -2.66. The second-order valence-corrected chi connectivity index (χ2v) is 7.13. The van der Waals surface area contributed by atoms with Crippen LogP contribution in [0.15, 0.2) is 30.3 Å². The zero-order valence-corrected chi connectivity index (χ0v) is 16.1. The highest BCUT2D eigenvalue weighted by atomic mass is 35.5. The first-order chi connectivity index (χ1) is 13.1. The predicted octanol–water partition coefficient (Wildman–Crippen LogP) is 4.36. The molecule has 0 spiro atoms. The Hall–Kier alpha value is -2.58. The average Bonchev–Trinajstić information content (AvgIpc) is 3.00. The smallest absolute Gasteiger partial charge is 0.192 e. The normalized spacial score (nSPS) is 11.7. The summed E-state index contributed by atoms with van der Waals surface area (Å²) in [4.78, 5) is 0. The van der Waals surface area contributed by atoms with Crippen molar-refractivity contribution in [2.75, 3.05) is 0 Å². The van der Waals surface area contributed by atoms with E-state index >= 15 is 0 Å². The molecule has 148 valence electrons. The third-order valence-corrected chi connectivity index (χ3v) is 4.41. The molecule has 0 unspecified atom stereocenters. The molecule has 1 aromatic heterocycles. The van der Waals surface area contributed by atoms with E-state index in [-0.39, 0.29) is 28.8 Å². The lowest BCUT2D eigenvalue weighted by Crippen LogP contribution is -2.30. The van der Waals surface area contributed by atoms with Gasteiger partial charge in [-0.1, -0.05) is 17.7 Å². The summed E-state index contributed by atoms with van der Waals surface area (Å²) in [7, 11) is 1.59. The maximum absolute atomic E-state index is 14.4. The van der Waals surface area contributed by atoms with Crippen molar-refractivity contribution in [2.24, 2.45) is 7.05 Å². The van der Waals surface area contributed by atoms with Crippen LogP contribution in [0, 0.1) is 17.5 Å². The van der Waals surface area contributed by atoms with E-state index in [0.717, 1.165) is 12.1 Å². The van der Waals surface area contributed by atoms with Crippen LogP contribution in [0.1, 0.15) is 25.2 Å². The summed E-state index contributed by atoms with van der Waals surface area (Å²) in [6.07, 6.45) is 0. The maximum Gasteiger partial charge on any atom is 0.192 e. The number of hydrogen-bond acceptors (Lipinski definition) is 4. The highest BCUT2D eigenvalue weighted by molar-refractivity contribution is 6.30. The highest BCUT2D eigenvalue weighted by Crippen LogP contribution is 2.33. The van der Waals surface area contributed by atoms with Crippen LogP contribution >= 0.6 is 11.6 Å². The summed E-state index contributed by atoms with van der Waals surface area (Å²) in [6, 6.07) is 6.12. The molecule has 28 heavy (non-hydrogen) atoms. The molecule has 0 fully saturated rings. The van der Waals surface area contributed by atoms with E-state index in [1.54, 1.807) is 27.0 Å². The Morgan fingerprint density at radius 2 is 1.71 bits per heavy atom. The molecule has 0 atom stereocenters. The van der Waals surface area contributed by atoms with Crippen LogP contribution in [0.4, 0.5) is 13.2 Å². The number of halogens is 4. The van der Waals surface area contributed by atoms with Gasteiger partial charge in [0, 0.05) is 12.1 Å². The van der Waals surface area contributed by atoms with Crippen LogP contribution < -0.4 is 4.74 Å². The van der Waals surface area contributed by atoms with Gasteiger partial charge in [0.15, 0.2) is 34.6 Å². The van der Waals surface area contributed by atoms with Crippen molar-refractivity contribution in [1.29, 1.82) is 0 Å². The van der Waals surface area contributed by atoms with E-state index < -0.39 is 28.8 Å². The van der Waals surface area contributed by atoms with Gasteiger partial charge in [-0.25, -0.2) is 13.2 Å². The summed E-state index contributed by atoms with van der Waals surface area (Å²) < 4.78 is 49.6. The Balaban J connectivity index is 1.99. The van der Waals surface area contributed by atoms with Gasteiger partial charge >= 0.3 is 0 Å². The Bertz CT molecular complexity index is 1010. The van der Waals surface area contributed by atoms with E-state index in [9.17, 15) is 13.2 Å². The second-order valence-electron chi connectivity index (χ2n) is 6.69. The molecule has 3 rings (SSSR count). The van der Waals surface area contributed by atoms with Gasteiger partial charge in [-0.15, -0.1) is 10.2 Å². The lowest BCUT2D eigenvalue weighted by atomic mass is 10.1. The van der Waals surface area contributed by atoms with Gasteiger partial charge in [-0.2, -0.15) is 0 Å². The highest BCUT2D eigenvalue weighted by Gasteiger charge is 2.32. The first-order valence-corrected chi connectivity index (χ1v) is 8.65. The van der Waals surface area contributed by atoms with E-state index in [1.807, 2.05) is 0 Å². The average molecular weight is 412 g/mol. The zero-order valence-electron chi connectivity index (χ0n) is 15.3. The minimum atomic E-state index is -1.29. The van der Waals surface area contributed by atoms with Crippen LogP contribution in [0.3, 0.4) is 0 Å². The molecular weight excluding hydrogens is 395 g/mol. The Morgan fingerprint density at radius 3 is 2.29 bits per heavy atom. The third-order valence-electron chi connectivity index (χ3n) is 4.19. The number of aliphatic hydroxyl groups excluding tert-OH is 1. The molecule has 2 aromatic carbocycles. The molecule has 0 radical (unpaired) electrons. The lowest BCUT2D eigenvalue weighted by Gasteiger charge is -2.26. The van der Waals surface area contributed by atoms with E-state index in [0.29, 0.717) is 5.56 Å². The molecule has 0 aliphatic carbocycles. The fraction of sp³-hybridized carbons (Fsp3) is 0.263. The third kappa shape index (κ3) is 3.70. The van der Waals surface area contributed by atoms with E-state index in [2.05, 4.69) is 10.2 Å². The van der Waals surface area contributed by atoms with Gasteiger partial charge in [0.25, 0.3) is 0 Å². The monoisotopic (exact) mass is 411 g/mol. The fourth-order valence-electron chi connectivity index (χ4n) is 2.85. The molecule has 9 heteroatoms. The Kier molecular flexibility index (Phi) is 5.36. The topological polar surface area (TPSA) is 60.2 Å². The summed E-state index contributed by atoms with van der Waals surface area (Å²) >= 11 is 5.63. The molecule has 0 saturated carbocycles. The van der Waals surface area contributed by atoms with Crippen molar-refractivity contribution >= 4 is 11.6 Å². The molecule has 3 aromatic rings. The summed E-state index contributed by atoms with van der Waals surface area (Å²) in [5.41, 5.74) is -0.712. The predicted molar refractivity (Wildman–Crippen MR) is 97.3 cm³/mol. The number of aromatic nitrogens is 3. The number of nitrogens with zero attached hydrogens (tertiary/aromatic N) is 3. The molecule has 0 amide bonds. The molecule has 0 saturated heterocycles. The molecule has 0 bridgehead atoms. The molecule has 0 aliphatic rings. The minimum Gasteiger partial charge on any atom is -0.474 e.